The molecule has 2 aliphatic heterocycles. The Morgan fingerprint density at radius 2 is 1.61 bits per heavy atom. The summed E-state index contributed by atoms with van der Waals surface area (Å²) in [6.07, 6.45) is 3.45. The Kier molecular flexibility index (Phi) is 6.81. The highest BCUT2D eigenvalue weighted by Crippen LogP contribution is 2.31. The summed E-state index contributed by atoms with van der Waals surface area (Å²) in [5, 5.41) is 3.49. The Hall–Kier alpha value is -2.13. The second kappa shape index (κ2) is 9.56. The number of sulfonamides is 1. The maximum atomic E-state index is 12.9. The second-order valence-corrected chi connectivity index (χ2v) is 10.1. The van der Waals surface area contributed by atoms with Crippen molar-refractivity contribution < 1.29 is 17.9 Å². The van der Waals surface area contributed by atoms with E-state index in [2.05, 4.69) is 10.2 Å². The van der Waals surface area contributed by atoms with Crippen molar-refractivity contribution in [2.24, 2.45) is 0 Å². The van der Waals surface area contributed by atoms with Gasteiger partial charge in [-0.15, -0.1) is 0 Å². The summed E-state index contributed by atoms with van der Waals surface area (Å²) in [7, 11) is -3.59. The molecule has 0 radical (unpaired) electrons. The third-order valence-corrected chi connectivity index (χ3v) is 7.78. The van der Waals surface area contributed by atoms with E-state index in [-0.39, 0.29) is 10.8 Å². The highest BCUT2D eigenvalue weighted by molar-refractivity contribution is 7.89. The molecule has 9 heteroatoms. The molecule has 2 fully saturated rings. The van der Waals surface area contributed by atoms with Gasteiger partial charge in [-0.3, -0.25) is 4.79 Å². The van der Waals surface area contributed by atoms with Gasteiger partial charge in [0.2, 0.25) is 10.0 Å². The molecule has 166 valence electrons. The van der Waals surface area contributed by atoms with Crippen molar-refractivity contribution in [3.63, 3.8) is 0 Å². The van der Waals surface area contributed by atoms with Crippen LogP contribution in [-0.4, -0.2) is 58.0 Å². The van der Waals surface area contributed by atoms with Gasteiger partial charge in [0.1, 0.15) is 0 Å². The molecule has 0 spiro atoms. The Morgan fingerprint density at radius 1 is 0.935 bits per heavy atom. The fourth-order valence-corrected chi connectivity index (χ4v) is 5.51. The average Bonchev–Trinajstić information content (AvgIpc) is 2.80. The molecule has 31 heavy (non-hydrogen) atoms. The molecule has 0 aromatic heterocycles. The molecule has 1 N–H and O–H groups in total. The van der Waals surface area contributed by atoms with E-state index < -0.39 is 10.0 Å². The van der Waals surface area contributed by atoms with E-state index in [1.165, 1.54) is 35.0 Å². The summed E-state index contributed by atoms with van der Waals surface area (Å²) in [4.78, 5) is 15.3. The molecule has 2 heterocycles. The van der Waals surface area contributed by atoms with Gasteiger partial charge < -0.3 is 15.0 Å². The summed E-state index contributed by atoms with van der Waals surface area (Å²) in [6.45, 7) is 3.33. The van der Waals surface area contributed by atoms with Gasteiger partial charge in [0.05, 0.1) is 29.5 Å². The van der Waals surface area contributed by atoms with Crippen LogP contribution in [-0.2, 0) is 14.8 Å². The Balaban J connectivity index is 1.51. The molecule has 0 saturated carbocycles. The fraction of sp³-hybridized carbons (Fsp3) is 0.409. The van der Waals surface area contributed by atoms with Crippen LogP contribution in [0.3, 0.4) is 0 Å². The number of rotatable bonds is 5. The van der Waals surface area contributed by atoms with Crippen molar-refractivity contribution in [1.82, 2.24) is 4.31 Å². The summed E-state index contributed by atoms with van der Waals surface area (Å²) in [5.41, 5.74) is 1.99. The lowest BCUT2D eigenvalue weighted by Crippen LogP contribution is -2.40. The monoisotopic (exact) mass is 463 g/mol. The minimum Gasteiger partial charge on any atom is -0.379 e. The van der Waals surface area contributed by atoms with Crippen molar-refractivity contribution in [2.75, 3.05) is 49.6 Å². The van der Waals surface area contributed by atoms with Crippen LogP contribution in [0.25, 0.3) is 0 Å². The molecule has 1 amide bonds. The van der Waals surface area contributed by atoms with E-state index in [0.717, 1.165) is 31.6 Å². The highest BCUT2D eigenvalue weighted by Gasteiger charge is 2.26. The number of morpholine rings is 1. The normalized spacial score (nSPS) is 18.0. The Bertz CT molecular complexity index is 1030. The number of amides is 1. The molecule has 2 aliphatic rings. The number of benzene rings is 2. The molecule has 7 nitrogen and oxygen atoms in total. The van der Waals surface area contributed by atoms with E-state index in [1.54, 1.807) is 6.07 Å². The molecule has 2 aromatic carbocycles. The van der Waals surface area contributed by atoms with Crippen LogP contribution in [0.2, 0.25) is 5.02 Å². The molecule has 0 aliphatic carbocycles. The summed E-state index contributed by atoms with van der Waals surface area (Å²) in [6, 6.07) is 11.5. The lowest BCUT2D eigenvalue weighted by molar-refractivity contribution is 0.0730. The smallest absolute Gasteiger partial charge is 0.255 e. The first-order valence-corrected chi connectivity index (χ1v) is 12.3. The molecule has 0 unspecified atom stereocenters. The highest BCUT2D eigenvalue weighted by atomic mass is 35.5. The quantitative estimate of drug-likeness (QED) is 0.732. The number of carbonyl (C=O) groups excluding carboxylic acids is 1. The van der Waals surface area contributed by atoms with Gasteiger partial charge in [-0.25, -0.2) is 8.42 Å². The number of piperidine rings is 1. The molecule has 2 saturated heterocycles. The number of anilines is 2. The maximum absolute atomic E-state index is 12.9. The molecular formula is C22H26ClN3O4S. The first kappa shape index (κ1) is 22.1. The standard InChI is InChI=1S/C22H26ClN3O4S/c23-18-6-9-21(25-10-2-1-3-11-25)20(16-18)24-22(27)17-4-7-19(8-5-17)31(28,29)26-12-14-30-15-13-26/h4-9,16H,1-3,10-15H2,(H,24,27). The Morgan fingerprint density at radius 3 is 2.29 bits per heavy atom. The van der Waals surface area contributed by atoms with Crippen LogP contribution in [0.1, 0.15) is 29.6 Å². The zero-order valence-electron chi connectivity index (χ0n) is 17.2. The van der Waals surface area contributed by atoms with Crippen LogP contribution in [0.4, 0.5) is 11.4 Å². The lowest BCUT2D eigenvalue weighted by atomic mass is 10.1. The lowest BCUT2D eigenvalue weighted by Gasteiger charge is -2.30. The summed E-state index contributed by atoms with van der Waals surface area (Å²) >= 11 is 6.18. The first-order valence-electron chi connectivity index (χ1n) is 10.5. The van der Waals surface area contributed by atoms with E-state index in [9.17, 15) is 13.2 Å². The van der Waals surface area contributed by atoms with Crippen molar-refractivity contribution in [3.05, 3.63) is 53.1 Å². The predicted molar refractivity (Wildman–Crippen MR) is 121 cm³/mol. The largest absolute Gasteiger partial charge is 0.379 e. The number of hydrogen-bond acceptors (Lipinski definition) is 5. The average molecular weight is 464 g/mol. The molecule has 2 aromatic rings. The van der Waals surface area contributed by atoms with E-state index in [1.807, 2.05) is 12.1 Å². The van der Waals surface area contributed by atoms with E-state index in [4.69, 9.17) is 16.3 Å². The number of carbonyl (C=O) groups is 1. The zero-order chi connectivity index (χ0) is 21.8. The van der Waals surface area contributed by atoms with Gasteiger partial charge in [0.15, 0.2) is 0 Å². The zero-order valence-corrected chi connectivity index (χ0v) is 18.8. The van der Waals surface area contributed by atoms with Crippen molar-refractivity contribution in [1.29, 1.82) is 0 Å². The third kappa shape index (κ3) is 5.03. The van der Waals surface area contributed by atoms with Crippen LogP contribution in [0, 0.1) is 0 Å². The topological polar surface area (TPSA) is 79.0 Å². The van der Waals surface area contributed by atoms with Crippen LogP contribution in [0.5, 0.6) is 0 Å². The van der Waals surface area contributed by atoms with Crippen molar-refractivity contribution in [2.45, 2.75) is 24.2 Å². The number of hydrogen-bond donors (Lipinski definition) is 1. The SMILES string of the molecule is O=C(Nc1cc(Cl)ccc1N1CCCCC1)c1ccc(S(=O)(=O)N2CCOCC2)cc1. The minimum atomic E-state index is -3.59. The fourth-order valence-electron chi connectivity index (χ4n) is 3.93. The maximum Gasteiger partial charge on any atom is 0.255 e. The van der Waals surface area contributed by atoms with Gasteiger partial charge >= 0.3 is 0 Å². The van der Waals surface area contributed by atoms with Crippen molar-refractivity contribution >= 4 is 38.9 Å². The number of halogens is 1. The minimum absolute atomic E-state index is 0.169. The van der Waals surface area contributed by atoms with Crippen LogP contribution >= 0.6 is 11.6 Å². The molecule has 4 rings (SSSR count). The van der Waals surface area contributed by atoms with E-state index >= 15 is 0 Å². The number of ether oxygens (including phenoxy) is 1. The first-order chi connectivity index (χ1) is 14.9. The predicted octanol–water partition coefficient (Wildman–Crippen LogP) is 3.60. The Labute approximate surface area is 188 Å². The second-order valence-electron chi connectivity index (χ2n) is 7.70. The molecular weight excluding hydrogens is 438 g/mol. The van der Waals surface area contributed by atoms with Gasteiger partial charge in [0.25, 0.3) is 5.91 Å². The van der Waals surface area contributed by atoms with Crippen molar-refractivity contribution in [3.8, 4) is 0 Å². The van der Waals surface area contributed by atoms with Gasteiger partial charge in [-0.1, -0.05) is 11.6 Å². The van der Waals surface area contributed by atoms with Gasteiger partial charge in [-0.2, -0.15) is 4.31 Å². The van der Waals surface area contributed by atoms with Gasteiger partial charge in [-0.05, 0) is 61.7 Å². The number of nitrogens with zero attached hydrogens (tertiary/aromatic N) is 2. The summed E-state index contributed by atoms with van der Waals surface area (Å²) < 4.78 is 32.2. The number of nitrogens with one attached hydrogen (secondary N) is 1. The van der Waals surface area contributed by atoms with Crippen LogP contribution in [0.15, 0.2) is 47.4 Å². The summed E-state index contributed by atoms with van der Waals surface area (Å²) in [5.74, 6) is -0.309. The van der Waals surface area contributed by atoms with Gasteiger partial charge in [0, 0.05) is 36.8 Å². The molecule has 0 atom stereocenters. The van der Waals surface area contributed by atoms with E-state index in [0.29, 0.717) is 42.6 Å². The molecule has 0 bridgehead atoms. The van der Waals surface area contributed by atoms with Crippen LogP contribution < -0.4 is 10.2 Å². The third-order valence-electron chi connectivity index (χ3n) is 5.63.